The maximum Gasteiger partial charge on any atom is 0.328 e. The first kappa shape index (κ1) is 13.3. The second kappa shape index (κ2) is 5.67. The Kier molecular flexibility index (Phi) is 4.19. The summed E-state index contributed by atoms with van der Waals surface area (Å²) in [6.07, 6.45) is 2.21. The van der Waals surface area contributed by atoms with Gasteiger partial charge in [0.25, 0.3) is 0 Å². The average molecular weight is 257 g/mol. The van der Waals surface area contributed by atoms with E-state index in [9.17, 15) is 9.59 Å². The highest BCUT2D eigenvalue weighted by atomic mass is 16.7. The van der Waals surface area contributed by atoms with Crippen molar-refractivity contribution in [2.75, 3.05) is 19.8 Å². The molecule has 18 heavy (non-hydrogen) atoms. The highest BCUT2D eigenvalue weighted by Crippen LogP contribution is 2.28. The minimum absolute atomic E-state index is 0.130. The van der Waals surface area contributed by atoms with Crippen molar-refractivity contribution < 1.29 is 23.8 Å². The van der Waals surface area contributed by atoms with Crippen LogP contribution in [0.25, 0.3) is 0 Å². The molecule has 0 spiro atoms. The summed E-state index contributed by atoms with van der Waals surface area (Å²) in [6.45, 7) is 3.41. The number of esters is 1. The fourth-order valence-electron chi connectivity index (χ4n) is 2.33. The number of rotatable bonds is 5. The van der Waals surface area contributed by atoms with E-state index in [-0.39, 0.29) is 18.3 Å². The minimum Gasteiger partial charge on any atom is -0.464 e. The quantitative estimate of drug-likeness (QED) is 0.719. The first-order valence-electron chi connectivity index (χ1n) is 6.39. The molecule has 6 nitrogen and oxygen atoms in total. The van der Waals surface area contributed by atoms with Crippen LogP contribution >= 0.6 is 0 Å². The summed E-state index contributed by atoms with van der Waals surface area (Å²) in [7, 11) is 0. The Morgan fingerprint density at radius 3 is 2.67 bits per heavy atom. The summed E-state index contributed by atoms with van der Waals surface area (Å²) in [5.41, 5.74) is 0. The zero-order valence-corrected chi connectivity index (χ0v) is 10.6. The largest absolute Gasteiger partial charge is 0.464 e. The van der Waals surface area contributed by atoms with Crippen LogP contribution in [0.2, 0.25) is 0 Å². The van der Waals surface area contributed by atoms with Crippen molar-refractivity contribution in [1.82, 2.24) is 5.32 Å². The van der Waals surface area contributed by atoms with Gasteiger partial charge in [-0.15, -0.1) is 0 Å². The fourth-order valence-corrected chi connectivity index (χ4v) is 2.33. The molecule has 1 N–H and O–H groups in total. The van der Waals surface area contributed by atoms with Crippen molar-refractivity contribution in [3.63, 3.8) is 0 Å². The number of ether oxygens (including phenoxy) is 3. The van der Waals surface area contributed by atoms with Crippen LogP contribution in [0, 0.1) is 0 Å². The normalized spacial score (nSPS) is 26.1. The summed E-state index contributed by atoms with van der Waals surface area (Å²) in [5.74, 6) is -1.39. The van der Waals surface area contributed by atoms with Gasteiger partial charge in [0.15, 0.2) is 5.79 Å². The van der Waals surface area contributed by atoms with Gasteiger partial charge in [-0.2, -0.15) is 0 Å². The van der Waals surface area contributed by atoms with E-state index in [1.165, 1.54) is 0 Å². The molecule has 6 heteroatoms. The Balaban J connectivity index is 1.87. The van der Waals surface area contributed by atoms with Gasteiger partial charge in [-0.3, -0.25) is 4.79 Å². The Morgan fingerprint density at radius 2 is 2.11 bits per heavy atom. The molecule has 1 atom stereocenters. The van der Waals surface area contributed by atoms with Crippen LogP contribution in [-0.2, 0) is 23.8 Å². The number of hydrogen-bond donors (Lipinski definition) is 1. The molecule has 0 aromatic carbocycles. The lowest BCUT2D eigenvalue weighted by Gasteiger charge is -2.26. The summed E-state index contributed by atoms with van der Waals surface area (Å²) < 4.78 is 15.9. The van der Waals surface area contributed by atoms with Gasteiger partial charge in [-0.25, -0.2) is 4.79 Å². The third-order valence-electron chi connectivity index (χ3n) is 3.14. The molecule has 0 radical (unpaired) electrons. The van der Waals surface area contributed by atoms with Crippen LogP contribution in [0.5, 0.6) is 0 Å². The van der Waals surface area contributed by atoms with Crippen molar-refractivity contribution in [3.8, 4) is 0 Å². The Bertz CT molecular complexity index is 324. The van der Waals surface area contributed by atoms with Crippen molar-refractivity contribution >= 4 is 11.9 Å². The molecule has 2 aliphatic rings. The van der Waals surface area contributed by atoms with Gasteiger partial charge in [0, 0.05) is 12.8 Å². The summed E-state index contributed by atoms with van der Waals surface area (Å²) >= 11 is 0. The predicted octanol–water partition coefficient (Wildman–Crippen LogP) is 0.351. The summed E-state index contributed by atoms with van der Waals surface area (Å²) in [5, 5.41) is 2.67. The first-order chi connectivity index (χ1) is 8.65. The topological polar surface area (TPSA) is 73.9 Å². The van der Waals surface area contributed by atoms with Crippen molar-refractivity contribution in [2.24, 2.45) is 0 Å². The number of amides is 1. The molecule has 2 rings (SSSR count). The molecule has 1 unspecified atom stereocenters. The molecular formula is C12H19NO5. The molecule has 2 heterocycles. The van der Waals surface area contributed by atoms with E-state index in [4.69, 9.17) is 14.2 Å². The minimum atomic E-state index is -0.804. The molecule has 102 valence electrons. The van der Waals surface area contributed by atoms with Crippen molar-refractivity contribution in [1.29, 1.82) is 0 Å². The molecule has 0 aliphatic carbocycles. The standard InChI is InChI=1S/C12H19NO5/c1-2-4-12(17-6-7-18-12)8-10(14)13-9-3-5-16-11(9)15/h9H,2-8H2,1H3,(H,13,14). The molecular weight excluding hydrogens is 238 g/mol. The van der Waals surface area contributed by atoms with E-state index in [2.05, 4.69) is 5.32 Å². The van der Waals surface area contributed by atoms with E-state index in [0.29, 0.717) is 32.7 Å². The molecule has 1 amide bonds. The van der Waals surface area contributed by atoms with E-state index >= 15 is 0 Å². The van der Waals surface area contributed by atoms with Crippen LogP contribution in [0.15, 0.2) is 0 Å². The van der Waals surface area contributed by atoms with Gasteiger partial charge in [-0.1, -0.05) is 13.3 Å². The second-order valence-corrected chi connectivity index (χ2v) is 4.61. The monoisotopic (exact) mass is 257 g/mol. The SMILES string of the molecule is CCCC1(CC(=O)NC2CCOC2=O)OCCO1. The van der Waals surface area contributed by atoms with Crippen LogP contribution in [0.4, 0.5) is 0 Å². The Morgan fingerprint density at radius 1 is 1.39 bits per heavy atom. The maximum absolute atomic E-state index is 11.9. The third kappa shape index (κ3) is 3.00. The summed E-state index contributed by atoms with van der Waals surface area (Å²) in [6, 6.07) is -0.516. The van der Waals surface area contributed by atoms with Gasteiger partial charge in [0.1, 0.15) is 6.04 Å². The smallest absolute Gasteiger partial charge is 0.328 e. The van der Waals surface area contributed by atoms with Crippen LogP contribution < -0.4 is 5.32 Å². The Hall–Kier alpha value is -1.14. The zero-order chi connectivity index (χ0) is 13.0. The van der Waals surface area contributed by atoms with Gasteiger partial charge >= 0.3 is 5.97 Å². The lowest BCUT2D eigenvalue weighted by Crippen LogP contribution is -2.43. The van der Waals surface area contributed by atoms with Gasteiger partial charge < -0.3 is 19.5 Å². The highest BCUT2D eigenvalue weighted by Gasteiger charge is 2.39. The number of cyclic esters (lactones) is 1. The van der Waals surface area contributed by atoms with Gasteiger partial charge in [0.2, 0.25) is 5.91 Å². The van der Waals surface area contributed by atoms with E-state index in [1.807, 2.05) is 6.92 Å². The van der Waals surface area contributed by atoms with E-state index < -0.39 is 11.8 Å². The van der Waals surface area contributed by atoms with Gasteiger partial charge in [0.05, 0.1) is 26.2 Å². The highest BCUT2D eigenvalue weighted by molar-refractivity contribution is 5.85. The number of hydrogen-bond acceptors (Lipinski definition) is 5. The molecule has 0 saturated carbocycles. The van der Waals surface area contributed by atoms with Crippen LogP contribution in [-0.4, -0.2) is 43.5 Å². The van der Waals surface area contributed by atoms with Gasteiger partial charge in [-0.05, 0) is 0 Å². The van der Waals surface area contributed by atoms with Crippen molar-refractivity contribution in [2.45, 2.75) is 44.4 Å². The molecule has 2 fully saturated rings. The molecule has 0 aromatic heterocycles. The molecule has 2 saturated heterocycles. The van der Waals surface area contributed by atoms with Crippen molar-refractivity contribution in [3.05, 3.63) is 0 Å². The summed E-state index contributed by atoms with van der Waals surface area (Å²) in [4.78, 5) is 23.2. The maximum atomic E-state index is 11.9. The molecule has 2 aliphatic heterocycles. The Labute approximate surface area is 106 Å². The average Bonchev–Trinajstić information content (AvgIpc) is 2.90. The van der Waals surface area contributed by atoms with E-state index in [1.54, 1.807) is 0 Å². The lowest BCUT2D eigenvalue weighted by atomic mass is 10.1. The fraction of sp³-hybridized carbons (Fsp3) is 0.833. The number of nitrogens with one attached hydrogen (secondary N) is 1. The number of carbonyl (C=O) groups is 2. The predicted molar refractivity (Wildman–Crippen MR) is 61.7 cm³/mol. The zero-order valence-electron chi connectivity index (χ0n) is 10.6. The van der Waals surface area contributed by atoms with Crippen LogP contribution in [0.1, 0.15) is 32.6 Å². The first-order valence-corrected chi connectivity index (χ1v) is 6.39. The second-order valence-electron chi connectivity index (χ2n) is 4.61. The van der Waals surface area contributed by atoms with E-state index in [0.717, 1.165) is 6.42 Å². The number of carbonyl (C=O) groups excluding carboxylic acids is 2. The lowest BCUT2D eigenvalue weighted by molar-refractivity contribution is -0.174. The third-order valence-corrected chi connectivity index (χ3v) is 3.14. The molecule has 0 bridgehead atoms. The molecule has 0 aromatic rings. The van der Waals surface area contributed by atoms with Crippen LogP contribution in [0.3, 0.4) is 0 Å².